The summed E-state index contributed by atoms with van der Waals surface area (Å²) in [5.74, 6) is 0. The topological polar surface area (TPSA) is 0 Å². The Balaban J connectivity index is 2.10. The van der Waals surface area contributed by atoms with Gasteiger partial charge in [0.05, 0.1) is 0 Å². The van der Waals surface area contributed by atoms with E-state index in [-0.39, 0.29) is 0 Å². The summed E-state index contributed by atoms with van der Waals surface area (Å²) in [5.41, 5.74) is 0. The van der Waals surface area contributed by atoms with Gasteiger partial charge in [-0.3, -0.25) is 0 Å². The molecule has 0 saturated carbocycles. The molecule has 0 spiro atoms. The normalized spacial score (nSPS) is 10.9. The second-order valence-electron chi connectivity index (χ2n) is 4.76. The number of rotatable bonds is 3. The third-order valence-corrected chi connectivity index (χ3v) is 11.0. The summed E-state index contributed by atoms with van der Waals surface area (Å²) in [7, 11) is 0. The summed E-state index contributed by atoms with van der Waals surface area (Å²) < 4.78 is 4.08. The number of benzene rings is 3. The Kier molecular flexibility index (Phi) is 5.37. The van der Waals surface area contributed by atoms with Crippen LogP contribution in [0.25, 0.3) is 0 Å². The van der Waals surface area contributed by atoms with Gasteiger partial charge in [0.2, 0.25) is 0 Å². The second kappa shape index (κ2) is 7.28. The predicted octanol–water partition coefficient (Wildman–Crippen LogP) is 4.16. The summed E-state index contributed by atoms with van der Waals surface area (Å²) in [4.78, 5) is 0. The van der Waals surface area contributed by atoms with Crippen LogP contribution >= 0.6 is 34.8 Å². The Bertz CT molecular complexity index is 642. The van der Waals surface area contributed by atoms with Crippen LogP contribution in [0, 0.1) is 0 Å². The number of hydrogen-bond donors (Lipinski definition) is 0. The van der Waals surface area contributed by atoms with E-state index in [0.29, 0.717) is 0 Å². The van der Waals surface area contributed by atoms with E-state index >= 15 is 0 Å². The molecule has 0 atom stereocenters. The monoisotopic (exact) mass is 454 g/mol. The van der Waals surface area contributed by atoms with Crippen molar-refractivity contribution in [2.75, 3.05) is 0 Å². The van der Waals surface area contributed by atoms with Gasteiger partial charge in [0.25, 0.3) is 0 Å². The summed E-state index contributed by atoms with van der Waals surface area (Å²) in [6, 6.07) is 24.5. The molecule has 0 unspecified atom stereocenters. The quantitative estimate of drug-likeness (QED) is 0.520. The first-order valence-electron chi connectivity index (χ1n) is 6.70. The number of halogens is 3. The molecule has 22 heavy (non-hydrogen) atoms. The van der Waals surface area contributed by atoms with E-state index in [9.17, 15) is 0 Å². The van der Waals surface area contributed by atoms with Crippen molar-refractivity contribution in [1.29, 1.82) is 0 Å². The van der Waals surface area contributed by atoms with Crippen molar-refractivity contribution in [3.63, 3.8) is 0 Å². The van der Waals surface area contributed by atoms with Crippen LogP contribution in [0.5, 0.6) is 0 Å². The van der Waals surface area contributed by atoms with Gasteiger partial charge in [-0.15, -0.1) is 0 Å². The Labute approximate surface area is 152 Å². The summed E-state index contributed by atoms with van der Waals surface area (Å²) in [6.45, 7) is 0. The molecule has 0 radical (unpaired) electrons. The third-order valence-electron chi connectivity index (χ3n) is 3.25. The van der Waals surface area contributed by atoms with Crippen molar-refractivity contribution in [3.8, 4) is 0 Å². The van der Waals surface area contributed by atoms with Crippen LogP contribution < -0.4 is 10.5 Å². The van der Waals surface area contributed by atoms with Crippen molar-refractivity contribution in [2.24, 2.45) is 0 Å². The molecule has 3 rings (SSSR count). The molecule has 0 saturated heterocycles. The molecule has 0 amide bonds. The van der Waals surface area contributed by atoms with Gasteiger partial charge in [-0.25, -0.2) is 0 Å². The summed E-state index contributed by atoms with van der Waals surface area (Å²) >= 11 is 16.0. The van der Waals surface area contributed by atoms with E-state index < -0.39 is 20.2 Å². The standard InChI is InChI=1S/3C6H4Cl.Sb/c3*7-6-4-2-1-3-5-6;/h3*2-5H;. The molecule has 4 heteroatoms. The van der Waals surface area contributed by atoms with Crippen LogP contribution in [0.4, 0.5) is 0 Å². The first-order valence-corrected chi connectivity index (χ1v) is 11.7. The molecule has 0 fully saturated rings. The first kappa shape index (κ1) is 16.2. The van der Waals surface area contributed by atoms with Crippen molar-refractivity contribution < 1.29 is 0 Å². The molecular formula is C18H12Cl3Sb. The molecule has 0 aromatic heterocycles. The zero-order valence-electron chi connectivity index (χ0n) is 11.5. The van der Waals surface area contributed by atoms with E-state index in [1.54, 1.807) is 0 Å². The van der Waals surface area contributed by atoms with Crippen molar-refractivity contribution in [1.82, 2.24) is 0 Å². The van der Waals surface area contributed by atoms with Crippen molar-refractivity contribution in [3.05, 3.63) is 87.9 Å². The molecule has 0 N–H and O–H groups in total. The maximum absolute atomic E-state index is 6.04. The van der Waals surface area contributed by atoms with Crippen LogP contribution in [-0.4, -0.2) is 20.2 Å². The molecule has 0 nitrogen and oxygen atoms in total. The molecule has 0 heterocycles. The molecule has 0 aliphatic heterocycles. The molecule has 3 aromatic rings. The fourth-order valence-electron chi connectivity index (χ4n) is 2.22. The molecule has 3 aromatic carbocycles. The van der Waals surface area contributed by atoms with Gasteiger partial charge in [-0.1, -0.05) is 0 Å². The van der Waals surface area contributed by atoms with Gasteiger partial charge in [0, 0.05) is 0 Å². The average Bonchev–Trinajstić information content (AvgIpc) is 2.53. The van der Waals surface area contributed by atoms with Crippen molar-refractivity contribution >= 4 is 65.5 Å². The van der Waals surface area contributed by atoms with Gasteiger partial charge < -0.3 is 0 Å². The minimum atomic E-state index is -2.08. The maximum atomic E-state index is 6.04. The van der Waals surface area contributed by atoms with Gasteiger partial charge in [-0.2, -0.15) is 0 Å². The zero-order valence-corrected chi connectivity index (χ0v) is 16.3. The molecule has 0 aliphatic carbocycles. The van der Waals surface area contributed by atoms with E-state index in [1.807, 2.05) is 36.4 Å². The Morgan fingerprint density at radius 1 is 0.409 bits per heavy atom. The van der Waals surface area contributed by atoms with E-state index in [0.717, 1.165) is 15.1 Å². The van der Waals surface area contributed by atoms with Crippen molar-refractivity contribution in [2.45, 2.75) is 0 Å². The van der Waals surface area contributed by atoms with Gasteiger partial charge in [-0.05, 0) is 0 Å². The molecule has 110 valence electrons. The van der Waals surface area contributed by atoms with E-state index in [4.69, 9.17) is 34.8 Å². The first-order chi connectivity index (χ1) is 10.6. The van der Waals surface area contributed by atoms with Crippen LogP contribution in [0.15, 0.2) is 72.8 Å². The summed E-state index contributed by atoms with van der Waals surface area (Å²) in [5, 5.41) is 2.28. The molecule has 0 aliphatic rings. The Morgan fingerprint density at radius 2 is 0.636 bits per heavy atom. The second-order valence-corrected chi connectivity index (χ2v) is 12.4. The predicted molar refractivity (Wildman–Crippen MR) is 99.0 cm³/mol. The van der Waals surface area contributed by atoms with E-state index in [2.05, 4.69) is 36.4 Å². The van der Waals surface area contributed by atoms with E-state index in [1.165, 1.54) is 10.5 Å². The summed E-state index contributed by atoms with van der Waals surface area (Å²) in [6.07, 6.45) is 0. The average molecular weight is 456 g/mol. The Morgan fingerprint density at radius 3 is 0.864 bits per heavy atom. The van der Waals surface area contributed by atoms with Crippen LogP contribution in [0.2, 0.25) is 15.1 Å². The SMILES string of the molecule is Clc1cc[c]([Sb]([c]2ccc(Cl)cc2)[c]2ccc(Cl)cc2)cc1. The van der Waals surface area contributed by atoms with Crippen LogP contribution in [0.1, 0.15) is 0 Å². The van der Waals surface area contributed by atoms with Gasteiger partial charge >= 0.3 is 153 Å². The zero-order chi connectivity index (χ0) is 15.5. The molecule has 0 bridgehead atoms. The molecular weight excluding hydrogens is 444 g/mol. The fraction of sp³-hybridized carbons (Fsp3) is 0. The Hall–Kier alpha value is -0.652. The fourth-order valence-corrected chi connectivity index (χ4v) is 8.98. The third kappa shape index (κ3) is 3.81. The minimum absolute atomic E-state index is 0.761. The van der Waals surface area contributed by atoms with Crippen LogP contribution in [-0.2, 0) is 0 Å². The number of hydrogen-bond acceptors (Lipinski definition) is 0. The van der Waals surface area contributed by atoms with Gasteiger partial charge in [0.1, 0.15) is 0 Å². The van der Waals surface area contributed by atoms with Crippen LogP contribution in [0.3, 0.4) is 0 Å². The van der Waals surface area contributed by atoms with Gasteiger partial charge in [0.15, 0.2) is 0 Å².